The van der Waals surface area contributed by atoms with E-state index in [1.165, 1.54) is 0 Å². The number of morpholine rings is 1. The number of rotatable bonds is 3. The fourth-order valence-electron chi connectivity index (χ4n) is 2.63. The van der Waals surface area contributed by atoms with Crippen molar-refractivity contribution in [1.82, 2.24) is 5.32 Å². The molecule has 0 radical (unpaired) electrons. The van der Waals surface area contributed by atoms with Gasteiger partial charge in [0.25, 0.3) is 5.91 Å². The first-order valence-electron chi connectivity index (χ1n) is 8.08. The summed E-state index contributed by atoms with van der Waals surface area (Å²) in [5.74, 6) is 5.93. The SMILES string of the molecule is O=C(NCC#Cc1ccccc1)c1ccccc1N1CCOCC1. The molecule has 122 valence electrons. The summed E-state index contributed by atoms with van der Waals surface area (Å²) < 4.78 is 5.38. The summed E-state index contributed by atoms with van der Waals surface area (Å²) in [6.45, 7) is 3.32. The lowest BCUT2D eigenvalue weighted by Gasteiger charge is -2.30. The maximum atomic E-state index is 12.5. The van der Waals surface area contributed by atoms with Crippen LogP contribution in [0.25, 0.3) is 0 Å². The zero-order chi connectivity index (χ0) is 16.6. The van der Waals surface area contributed by atoms with Gasteiger partial charge in [-0.05, 0) is 24.3 Å². The van der Waals surface area contributed by atoms with Gasteiger partial charge < -0.3 is 15.0 Å². The molecule has 0 unspecified atom stereocenters. The molecule has 1 saturated heterocycles. The van der Waals surface area contributed by atoms with Gasteiger partial charge in [-0.25, -0.2) is 0 Å². The number of amides is 1. The number of carbonyl (C=O) groups is 1. The molecule has 4 nitrogen and oxygen atoms in total. The van der Waals surface area contributed by atoms with Gasteiger partial charge in [0, 0.05) is 24.3 Å². The molecule has 0 bridgehead atoms. The summed E-state index contributed by atoms with van der Waals surface area (Å²) >= 11 is 0. The second-order valence-corrected chi connectivity index (χ2v) is 5.47. The molecule has 0 spiro atoms. The third kappa shape index (κ3) is 4.15. The second kappa shape index (κ2) is 8.19. The molecule has 24 heavy (non-hydrogen) atoms. The Kier molecular flexibility index (Phi) is 5.49. The van der Waals surface area contributed by atoms with Crippen molar-refractivity contribution in [3.8, 4) is 11.8 Å². The van der Waals surface area contributed by atoms with E-state index < -0.39 is 0 Å². The Labute approximate surface area is 142 Å². The van der Waals surface area contributed by atoms with E-state index in [2.05, 4.69) is 22.1 Å². The molecule has 0 aromatic heterocycles. The van der Waals surface area contributed by atoms with E-state index >= 15 is 0 Å². The van der Waals surface area contributed by atoms with Crippen LogP contribution in [0.2, 0.25) is 0 Å². The van der Waals surface area contributed by atoms with Crippen LogP contribution in [0, 0.1) is 11.8 Å². The lowest BCUT2D eigenvalue weighted by Crippen LogP contribution is -2.38. The Morgan fingerprint density at radius 2 is 1.75 bits per heavy atom. The fraction of sp³-hybridized carbons (Fsp3) is 0.250. The Balaban J connectivity index is 1.64. The van der Waals surface area contributed by atoms with E-state index in [9.17, 15) is 4.79 Å². The number of benzene rings is 2. The zero-order valence-corrected chi connectivity index (χ0v) is 13.5. The van der Waals surface area contributed by atoms with Crippen LogP contribution >= 0.6 is 0 Å². The van der Waals surface area contributed by atoms with Gasteiger partial charge in [0.05, 0.1) is 25.3 Å². The first kappa shape index (κ1) is 16.1. The van der Waals surface area contributed by atoms with E-state index in [0.717, 1.165) is 24.3 Å². The molecule has 4 heteroatoms. The van der Waals surface area contributed by atoms with Crippen LogP contribution in [0.1, 0.15) is 15.9 Å². The van der Waals surface area contributed by atoms with Crippen LogP contribution < -0.4 is 10.2 Å². The van der Waals surface area contributed by atoms with Crippen LogP contribution in [0.4, 0.5) is 5.69 Å². The highest BCUT2D eigenvalue weighted by atomic mass is 16.5. The minimum absolute atomic E-state index is 0.0977. The molecule has 1 N–H and O–H groups in total. The highest BCUT2D eigenvalue weighted by molar-refractivity contribution is 6.00. The summed E-state index contributed by atoms with van der Waals surface area (Å²) in [7, 11) is 0. The van der Waals surface area contributed by atoms with E-state index in [0.29, 0.717) is 25.3 Å². The maximum Gasteiger partial charge on any atom is 0.254 e. The van der Waals surface area contributed by atoms with Crippen LogP contribution in [-0.4, -0.2) is 38.8 Å². The fourth-order valence-corrected chi connectivity index (χ4v) is 2.63. The van der Waals surface area contributed by atoms with Gasteiger partial charge in [0.15, 0.2) is 0 Å². The summed E-state index contributed by atoms with van der Waals surface area (Å²) in [6.07, 6.45) is 0. The van der Waals surface area contributed by atoms with Gasteiger partial charge >= 0.3 is 0 Å². The third-order valence-corrected chi connectivity index (χ3v) is 3.84. The Morgan fingerprint density at radius 3 is 2.54 bits per heavy atom. The molecule has 1 fully saturated rings. The molecule has 1 aliphatic rings. The van der Waals surface area contributed by atoms with E-state index in [4.69, 9.17) is 4.74 Å². The number of hydrogen-bond donors (Lipinski definition) is 1. The number of hydrogen-bond acceptors (Lipinski definition) is 3. The largest absolute Gasteiger partial charge is 0.378 e. The normalized spacial score (nSPS) is 13.8. The van der Waals surface area contributed by atoms with Crippen LogP contribution in [0.15, 0.2) is 54.6 Å². The smallest absolute Gasteiger partial charge is 0.254 e. The van der Waals surface area contributed by atoms with E-state index in [1.54, 1.807) is 0 Å². The predicted molar refractivity (Wildman–Crippen MR) is 95.1 cm³/mol. The molecule has 0 aliphatic carbocycles. The number of anilines is 1. The Morgan fingerprint density at radius 1 is 1.04 bits per heavy atom. The first-order valence-corrected chi connectivity index (χ1v) is 8.08. The molecule has 3 rings (SSSR count). The molecule has 2 aromatic carbocycles. The van der Waals surface area contributed by atoms with Gasteiger partial charge in [0.1, 0.15) is 0 Å². The second-order valence-electron chi connectivity index (χ2n) is 5.47. The standard InChI is InChI=1S/C20H20N2O2/c23-20(21-12-6-9-17-7-2-1-3-8-17)18-10-4-5-11-19(18)22-13-15-24-16-14-22/h1-5,7-8,10-11H,12-16H2,(H,21,23). The molecule has 1 amide bonds. The average Bonchev–Trinajstić information content (AvgIpc) is 2.66. The van der Waals surface area contributed by atoms with Gasteiger partial charge in [-0.2, -0.15) is 0 Å². The van der Waals surface area contributed by atoms with Crippen molar-refractivity contribution in [1.29, 1.82) is 0 Å². The monoisotopic (exact) mass is 320 g/mol. The topological polar surface area (TPSA) is 41.6 Å². The van der Waals surface area contributed by atoms with Crippen molar-refractivity contribution in [3.63, 3.8) is 0 Å². The molecule has 0 atom stereocenters. The van der Waals surface area contributed by atoms with Gasteiger partial charge in [0.2, 0.25) is 0 Å². The van der Waals surface area contributed by atoms with E-state index in [1.807, 2.05) is 54.6 Å². The van der Waals surface area contributed by atoms with Crippen LogP contribution in [0.3, 0.4) is 0 Å². The van der Waals surface area contributed by atoms with Gasteiger partial charge in [-0.3, -0.25) is 4.79 Å². The number of ether oxygens (including phenoxy) is 1. The summed E-state index contributed by atoms with van der Waals surface area (Å²) in [6, 6.07) is 17.4. The summed E-state index contributed by atoms with van der Waals surface area (Å²) in [5.41, 5.74) is 2.58. The molecule has 0 saturated carbocycles. The predicted octanol–water partition coefficient (Wildman–Crippen LogP) is 2.30. The molecular weight excluding hydrogens is 300 g/mol. The quantitative estimate of drug-likeness (QED) is 0.883. The number of nitrogens with one attached hydrogen (secondary N) is 1. The molecule has 1 heterocycles. The highest BCUT2D eigenvalue weighted by Gasteiger charge is 2.17. The number of para-hydroxylation sites is 1. The Hall–Kier alpha value is -2.77. The average molecular weight is 320 g/mol. The number of carbonyl (C=O) groups excluding carboxylic acids is 1. The molecule has 2 aromatic rings. The number of nitrogens with zero attached hydrogens (tertiary/aromatic N) is 1. The maximum absolute atomic E-state index is 12.5. The van der Waals surface area contributed by atoms with Crippen molar-refractivity contribution < 1.29 is 9.53 Å². The molecule has 1 aliphatic heterocycles. The van der Waals surface area contributed by atoms with Crippen LogP contribution in [0.5, 0.6) is 0 Å². The van der Waals surface area contributed by atoms with Gasteiger partial charge in [-0.1, -0.05) is 42.2 Å². The minimum atomic E-state index is -0.0977. The molecular formula is C20H20N2O2. The van der Waals surface area contributed by atoms with Crippen LogP contribution in [-0.2, 0) is 4.74 Å². The van der Waals surface area contributed by atoms with Crippen molar-refractivity contribution in [2.24, 2.45) is 0 Å². The Bertz CT molecular complexity index is 741. The zero-order valence-electron chi connectivity index (χ0n) is 13.5. The summed E-state index contributed by atoms with van der Waals surface area (Å²) in [4.78, 5) is 14.7. The minimum Gasteiger partial charge on any atom is -0.378 e. The summed E-state index contributed by atoms with van der Waals surface area (Å²) in [5, 5.41) is 2.88. The van der Waals surface area contributed by atoms with Gasteiger partial charge in [-0.15, -0.1) is 0 Å². The lowest BCUT2D eigenvalue weighted by molar-refractivity contribution is 0.0957. The van der Waals surface area contributed by atoms with Crippen molar-refractivity contribution in [2.75, 3.05) is 37.7 Å². The van der Waals surface area contributed by atoms with Crippen molar-refractivity contribution in [2.45, 2.75) is 0 Å². The third-order valence-electron chi connectivity index (χ3n) is 3.84. The lowest BCUT2D eigenvalue weighted by atomic mass is 10.1. The van der Waals surface area contributed by atoms with Crippen molar-refractivity contribution >= 4 is 11.6 Å². The first-order chi connectivity index (χ1) is 11.8. The van der Waals surface area contributed by atoms with E-state index in [-0.39, 0.29) is 5.91 Å². The van der Waals surface area contributed by atoms with Crippen molar-refractivity contribution in [3.05, 3.63) is 65.7 Å². The highest BCUT2D eigenvalue weighted by Crippen LogP contribution is 2.21.